The van der Waals surface area contributed by atoms with Crippen LogP contribution in [0.15, 0.2) is 67.3 Å². The van der Waals surface area contributed by atoms with Gasteiger partial charge in [-0.05, 0) is 110 Å². The maximum absolute atomic E-state index is 14.0. The SMILES string of the molecule is C=CC(=O)O[C@@H]1CC[C@@]2(C)[C@@H](C1)C[C@@H](OC(=O)c1ccc(-c3ccccc3)cc1)[C@@H]1[C@@H]2C[C@H](OC(C)=O)[C@]2(C)[C@@H]([C@H](C)CCC(=O)OC)CC[C@@H]12. The zero-order chi connectivity index (χ0) is 36.5. The summed E-state index contributed by atoms with van der Waals surface area (Å²) >= 11 is 0. The van der Waals surface area contributed by atoms with E-state index in [9.17, 15) is 19.2 Å². The van der Waals surface area contributed by atoms with Gasteiger partial charge in [-0.1, -0.05) is 69.8 Å². The molecular weight excluding hydrogens is 644 g/mol. The normalized spacial score (nSPS) is 34.5. The topological polar surface area (TPSA) is 105 Å². The number of fused-ring (bicyclic) bond motifs is 5. The lowest BCUT2D eigenvalue weighted by atomic mass is 9.43. The van der Waals surface area contributed by atoms with E-state index in [4.69, 9.17) is 18.9 Å². The number of rotatable bonds is 10. The summed E-state index contributed by atoms with van der Waals surface area (Å²) in [7, 11) is 1.42. The second-order valence-electron chi connectivity index (χ2n) is 16.1. The molecule has 2 aromatic rings. The van der Waals surface area contributed by atoms with Crippen molar-refractivity contribution in [3.8, 4) is 11.1 Å². The van der Waals surface area contributed by atoms with Crippen LogP contribution >= 0.6 is 0 Å². The van der Waals surface area contributed by atoms with Crippen molar-refractivity contribution in [2.24, 2.45) is 46.3 Å². The van der Waals surface area contributed by atoms with Gasteiger partial charge in [0, 0.05) is 30.8 Å². The van der Waals surface area contributed by atoms with Crippen molar-refractivity contribution in [2.75, 3.05) is 7.11 Å². The Labute approximate surface area is 302 Å². The molecule has 11 atom stereocenters. The Morgan fingerprint density at radius 1 is 0.882 bits per heavy atom. The molecule has 8 heteroatoms. The van der Waals surface area contributed by atoms with Gasteiger partial charge < -0.3 is 18.9 Å². The van der Waals surface area contributed by atoms with E-state index in [0.29, 0.717) is 37.7 Å². The summed E-state index contributed by atoms with van der Waals surface area (Å²) < 4.78 is 23.7. The van der Waals surface area contributed by atoms with E-state index in [0.717, 1.165) is 36.8 Å². The van der Waals surface area contributed by atoms with Gasteiger partial charge in [-0.15, -0.1) is 0 Å². The van der Waals surface area contributed by atoms with Gasteiger partial charge in [-0.2, -0.15) is 0 Å². The Bertz CT molecular complexity index is 1600. The van der Waals surface area contributed by atoms with Crippen molar-refractivity contribution in [3.05, 3.63) is 72.8 Å². The molecule has 0 amide bonds. The third-order valence-electron chi connectivity index (χ3n) is 13.7. The highest BCUT2D eigenvalue weighted by molar-refractivity contribution is 5.90. The lowest BCUT2D eigenvalue weighted by Crippen LogP contribution is -2.63. The lowest BCUT2D eigenvalue weighted by Gasteiger charge is -2.64. The van der Waals surface area contributed by atoms with Crippen LogP contribution in [0.25, 0.3) is 11.1 Å². The number of hydrogen-bond donors (Lipinski definition) is 0. The van der Waals surface area contributed by atoms with Crippen molar-refractivity contribution in [2.45, 2.75) is 104 Å². The number of carbonyl (C=O) groups is 4. The lowest BCUT2D eigenvalue weighted by molar-refractivity contribution is -0.218. The molecule has 4 saturated carbocycles. The molecule has 0 radical (unpaired) electrons. The zero-order valence-corrected chi connectivity index (χ0v) is 30.8. The minimum Gasteiger partial charge on any atom is -0.469 e. The molecule has 2 aromatic carbocycles. The third kappa shape index (κ3) is 7.12. The Balaban J connectivity index is 1.34. The predicted octanol–water partition coefficient (Wildman–Crippen LogP) is 8.38. The Morgan fingerprint density at radius 3 is 2.25 bits per heavy atom. The largest absolute Gasteiger partial charge is 0.469 e. The van der Waals surface area contributed by atoms with Crippen LogP contribution in [0, 0.1) is 46.3 Å². The highest BCUT2D eigenvalue weighted by atomic mass is 16.6. The van der Waals surface area contributed by atoms with Crippen LogP contribution < -0.4 is 0 Å². The van der Waals surface area contributed by atoms with E-state index in [2.05, 4.69) is 27.4 Å². The van der Waals surface area contributed by atoms with Crippen molar-refractivity contribution in [3.63, 3.8) is 0 Å². The Kier molecular flexibility index (Phi) is 10.8. The maximum Gasteiger partial charge on any atom is 0.338 e. The molecule has 0 heterocycles. The van der Waals surface area contributed by atoms with Crippen LogP contribution in [0.5, 0.6) is 0 Å². The fourth-order valence-corrected chi connectivity index (χ4v) is 11.2. The highest BCUT2D eigenvalue weighted by Crippen LogP contribution is 2.69. The van der Waals surface area contributed by atoms with Gasteiger partial charge in [0.2, 0.25) is 0 Å². The monoisotopic (exact) mass is 698 g/mol. The molecule has 0 unspecified atom stereocenters. The molecule has 4 fully saturated rings. The number of benzene rings is 2. The average molecular weight is 699 g/mol. The van der Waals surface area contributed by atoms with Gasteiger partial charge in [0.05, 0.1) is 12.7 Å². The molecule has 0 spiro atoms. The number of carbonyl (C=O) groups excluding carboxylic acids is 4. The second kappa shape index (κ2) is 15.0. The molecule has 0 N–H and O–H groups in total. The number of methoxy groups -OCH3 is 1. The van der Waals surface area contributed by atoms with Crippen LogP contribution in [0.3, 0.4) is 0 Å². The minimum atomic E-state index is -0.416. The van der Waals surface area contributed by atoms with Gasteiger partial charge in [-0.3, -0.25) is 9.59 Å². The molecule has 8 nitrogen and oxygen atoms in total. The summed E-state index contributed by atoms with van der Waals surface area (Å²) in [5.41, 5.74) is 2.15. The summed E-state index contributed by atoms with van der Waals surface area (Å²) in [5.74, 6) is -0.322. The van der Waals surface area contributed by atoms with E-state index in [1.54, 1.807) is 0 Å². The Hall–Kier alpha value is -3.94. The van der Waals surface area contributed by atoms with Crippen molar-refractivity contribution in [1.82, 2.24) is 0 Å². The van der Waals surface area contributed by atoms with Crippen molar-refractivity contribution in [1.29, 1.82) is 0 Å². The first kappa shape index (κ1) is 36.8. The van der Waals surface area contributed by atoms with Crippen LogP contribution in [0.2, 0.25) is 0 Å². The summed E-state index contributed by atoms with van der Waals surface area (Å²) in [5, 5.41) is 0. The summed E-state index contributed by atoms with van der Waals surface area (Å²) in [6, 6.07) is 17.7. The van der Waals surface area contributed by atoms with Crippen molar-refractivity contribution < 1.29 is 38.1 Å². The van der Waals surface area contributed by atoms with Crippen LogP contribution in [-0.2, 0) is 33.3 Å². The number of ether oxygens (including phenoxy) is 4. The summed E-state index contributed by atoms with van der Waals surface area (Å²) in [6.07, 6.45) is 6.93. The maximum atomic E-state index is 14.0. The highest BCUT2D eigenvalue weighted by Gasteiger charge is 2.67. The van der Waals surface area contributed by atoms with E-state index < -0.39 is 5.97 Å². The van der Waals surface area contributed by atoms with Crippen LogP contribution in [-0.4, -0.2) is 49.3 Å². The first-order valence-electron chi connectivity index (χ1n) is 18.8. The quantitative estimate of drug-likeness (QED) is 0.139. The van der Waals surface area contributed by atoms with Crippen LogP contribution in [0.1, 0.15) is 95.8 Å². The molecule has 274 valence electrons. The Morgan fingerprint density at radius 2 is 1.59 bits per heavy atom. The van der Waals surface area contributed by atoms with Gasteiger partial charge in [-0.25, -0.2) is 9.59 Å². The van der Waals surface area contributed by atoms with Gasteiger partial charge in [0.15, 0.2) is 0 Å². The van der Waals surface area contributed by atoms with Gasteiger partial charge >= 0.3 is 23.9 Å². The predicted molar refractivity (Wildman–Crippen MR) is 193 cm³/mol. The third-order valence-corrected chi connectivity index (χ3v) is 13.7. The fraction of sp³-hybridized carbons (Fsp3) is 0.581. The molecule has 6 rings (SSSR count). The second-order valence-corrected chi connectivity index (χ2v) is 16.1. The van der Waals surface area contributed by atoms with E-state index in [-0.39, 0.29) is 82.6 Å². The molecule has 0 aliphatic heterocycles. The molecule has 0 saturated heterocycles. The first-order valence-corrected chi connectivity index (χ1v) is 18.8. The van der Waals surface area contributed by atoms with Gasteiger partial charge in [0.1, 0.15) is 18.3 Å². The minimum absolute atomic E-state index is 0.0701. The first-order chi connectivity index (χ1) is 24.4. The standard InChI is InChI=1S/C43H54O8/c1-7-38(45)50-32-21-22-42(4)31(23-32)24-36(51-41(47)30-16-14-29(15-17-30)28-11-9-8-10-12-28)40-34-19-18-33(26(2)13-20-39(46)48-6)43(34,5)37(25-35(40)42)49-27(3)44/h7-12,14-17,26,31-37,40H,1,13,18-25H2,2-6H3/t26-,31+,32-,33-,34+,35+,36-,37+,40+,42+,43-/m1/s1. The molecule has 0 bridgehead atoms. The fourth-order valence-electron chi connectivity index (χ4n) is 11.2. The van der Waals surface area contributed by atoms with E-state index in [1.165, 1.54) is 20.1 Å². The molecular formula is C43H54O8. The summed E-state index contributed by atoms with van der Waals surface area (Å²) in [4.78, 5) is 51.2. The van der Waals surface area contributed by atoms with E-state index >= 15 is 0 Å². The zero-order valence-electron chi connectivity index (χ0n) is 30.8. The molecule has 51 heavy (non-hydrogen) atoms. The molecule has 4 aliphatic rings. The molecule has 0 aromatic heterocycles. The summed E-state index contributed by atoms with van der Waals surface area (Å²) in [6.45, 7) is 11.9. The van der Waals surface area contributed by atoms with E-state index in [1.807, 2.05) is 54.6 Å². The molecule has 4 aliphatic carbocycles. The smallest absolute Gasteiger partial charge is 0.338 e. The number of hydrogen-bond acceptors (Lipinski definition) is 8. The van der Waals surface area contributed by atoms with Crippen molar-refractivity contribution >= 4 is 23.9 Å². The number of esters is 4. The average Bonchev–Trinajstić information content (AvgIpc) is 3.49. The van der Waals surface area contributed by atoms with Gasteiger partial charge in [0.25, 0.3) is 0 Å². The van der Waals surface area contributed by atoms with Crippen LogP contribution in [0.4, 0.5) is 0 Å².